The molecule has 0 unspecified atom stereocenters. The molecule has 0 aromatic carbocycles. The molecule has 2 heterocycles. The number of hydrogen-bond acceptors (Lipinski definition) is 6. The first-order valence-electron chi connectivity index (χ1n) is 8.12. The molecule has 2 saturated heterocycles. The topological polar surface area (TPSA) is 108 Å². The summed E-state index contributed by atoms with van der Waals surface area (Å²) in [7, 11) is 1.22. The third-order valence-electron chi connectivity index (χ3n) is 3.77. The Bertz CT molecular complexity index is 573. The summed E-state index contributed by atoms with van der Waals surface area (Å²) < 4.78 is 9.88. The van der Waals surface area contributed by atoms with E-state index in [1.165, 1.54) is 12.1 Å². The zero-order chi connectivity index (χ0) is 18.8. The van der Waals surface area contributed by atoms with E-state index in [-0.39, 0.29) is 18.9 Å². The second-order valence-electron chi connectivity index (χ2n) is 6.84. The molecule has 4 amide bonds. The molecular formula is C15H24N4O6. The predicted molar refractivity (Wildman–Crippen MR) is 84.7 cm³/mol. The van der Waals surface area contributed by atoms with Gasteiger partial charge in [0.25, 0.3) is 0 Å². The number of amides is 4. The molecule has 0 spiro atoms. The van der Waals surface area contributed by atoms with Crippen molar-refractivity contribution < 1.29 is 28.7 Å². The average molecular weight is 356 g/mol. The van der Waals surface area contributed by atoms with Crippen LogP contribution < -0.4 is 5.43 Å². The van der Waals surface area contributed by atoms with Crippen molar-refractivity contribution in [2.24, 2.45) is 0 Å². The molecule has 2 fully saturated rings. The van der Waals surface area contributed by atoms with Gasteiger partial charge >= 0.3 is 18.1 Å². The highest BCUT2D eigenvalue weighted by Crippen LogP contribution is 2.24. The van der Waals surface area contributed by atoms with Gasteiger partial charge in [-0.05, 0) is 33.6 Å². The molecule has 2 rings (SSSR count). The van der Waals surface area contributed by atoms with Crippen LogP contribution >= 0.6 is 0 Å². The minimum atomic E-state index is -0.906. The summed E-state index contributed by atoms with van der Waals surface area (Å²) >= 11 is 0. The molecule has 2 aliphatic rings. The summed E-state index contributed by atoms with van der Waals surface area (Å²) in [6.07, 6.45) is 0.164. The Morgan fingerprint density at radius 3 is 2.48 bits per heavy atom. The van der Waals surface area contributed by atoms with Gasteiger partial charge in [-0.3, -0.25) is 4.79 Å². The molecule has 1 atom stereocenters. The van der Waals surface area contributed by atoms with E-state index in [0.717, 1.165) is 10.0 Å². The number of carbonyl (C=O) groups excluding carboxylic acids is 4. The fourth-order valence-corrected chi connectivity index (χ4v) is 2.74. The molecule has 140 valence electrons. The van der Waals surface area contributed by atoms with Crippen LogP contribution in [0.3, 0.4) is 0 Å². The Balaban J connectivity index is 2.21. The maximum atomic E-state index is 12.8. The van der Waals surface area contributed by atoms with Crippen molar-refractivity contribution in [2.75, 3.05) is 20.2 Å². The van der Waals surface area contributed by atoms with Crippen molar-refractivity contribution >= 4 is 24.0 Å². The normalized spacial score (nSPS) is 21.4. The number of rotatable bonds is 2. The number of methoxy groups -OCH3 is 1. The molecule has 10 heteroatoms. The fraction of sp³-hybridized carbons (Fsp3) is 0.733. The van der Waals surface area contributed by atoms with E-state index in [4.69, 9.17) is 9.47 Å². The highest BCUT2D eigenvalue weighted by atomic mass is 16.6. The van der Waals surface area contributed by atoms with Crippen LogP contribution in [0, 0.1) is 0 Å². The van der Waals surface area contributed by atoms with E-state index in [1.807, 2.05) is 0 Å². The van der Waals surface area contributed by atoms with Gasteiger partial charge in [0, 0.05) is 13.0 Å². The second-order valence-corrected chi connectivity index (χ2v) is 6.84. The van der Waals surface area contributed by atoms with Crippen molar-refractivity contribution in [3.05, 3.63) is 0 Å². The summed E-state index contributed by atoms with van der Waals surface area (Å²) in [4.78, 5) is 49.1. The number of nitrogens with one attached hydrogen (secondary N) is 1. The Hall–Kier alpha value is -2.52. The minimum absolute atomic E-state index is 0.0161. The maximum Gasteiger partial charge on any atom is 0.426 e. The van der Waals surface area contributed by atoms with E-state index in [2.05, 4.69) is 5.43 Å². The van der Waals surface area contributed by atoms with Gasteiger partial charge < -0.3 is 9.47 Å². The smallest absolute Gasteiger partial charge is 0.426 e. The second kappa shape index (κ2) is 7.16. The third-order valence-corrected chi connectivity index (χ3v) is 3.77. The van der Waals surface area contributed by atoms with Gasteiger partial charge in [-0.1, -0.05) is 0 Å². The summed E-state index contributed by atoms with van der Waals surface area (Å²) in [5, 5.41) is 3.32. The van der Waals surface area contributed by atoms with Crippen LogP contribution in [0.5, 0.6) is 0 Å². The van der Waals surface area contributed by atoms with Crippen LogP contribution in [0.2, 0.25) is 0 Å². The lowest BCUT2D eigenvalue weighted by molar-refractivity contribution is -0.164. The van der Waals surface area contributed by atoms with Crippen LogP contribution in [-0.2, 0) is 19.1 Å². The maximum absolute atomic E-state index is 12.8. The molecule has 0 saturated carbocycles. The summed E-state index contributed by atoms with van der Waals surface area (Å²) in [6.45, 7) is 5.40. The Morgan fingerprint density at radius 1 is 1.20 bits per heavy atom. The first-order valence-corrected chi connectivity index (χ1v) is 8.12. The monoisotopic (exact) mass is 356 g/mol. The minimum Gasteiger partial charge on any atom is -0.467 e. The van der Waals surface area contributed by atoms with E-state index < -0.39 is 29.7 Å². The number of hydrazine groups is 2. The average Bonchev–Trinajstić information content (AvgIpc) is 2.64. The summed E-state index contributed by atoms with van der Waals surface area (Å²) in [6, 6.07) is -1.58. The van der Waals surface area contributed by atoms with E-state index >= 15 is 0 Å². The highest BCUT2D eigenvalue weighted by Gasteiger charge is 2.44. The first-order chi connectivity index (χ1) is 11.6. The fourth-order valence-electron chi connectivity index (χ4n) is 2.74. The molecule has 0 radical (unpaired) electrons. The van der Waals surface area contributed by atoms with E-state index in [0.29, 0.717) is 19.4 Å². The van der Waals surface area contributed by atoms with Crippen LogP contribution in [0.15, 0.2) is 0 Å². The largest absolute Gasteiger partial charge is 0.467 e. The van der Waals surface area contributed by atoms with Crippen LogP contribution in [0.25, 0.3) is 0 Å². The third kappa shape index (κ3) is 4.31. The van der Waals surface area contributed by atoms with Gasteiger partial charge in [-0.25, -0.2) is 34.8 Å². The van der Waals surface area contributed by atoms with Crippen molar-refractivity contribution in [2.45, 2.75) is 51.7 Å². The van der Waals surface area contributed by atoms with Crippen LogP contribution in [0.4, 0.5) is 9.59 Å². The molecule has 10 nitrogen and oxygen atoms in total. The molecule has 0 aromatic heterocycles. The Labute approximate surface area is 145 Å². The number of ether oxygens (including phenoxy) is 2. The molecule has 1 N–H and O–H groups in total. The highest BCUT2D eigenvalue weighted by molar-refractivity contribution is 5.89. The quantitative estimate of drug-likeness (QED) is 0.727. The first kappa shape index (κ1) is 18.8. The number of urea groups is 1. The number of fused-ring (bicyclic) bond motifs is 1. The molecule has 0 aliphatic carbocycles. The predicted octanol–water partition coefficient (Wildman–Crippen LogP) is 0.633. The number of hydrogen-bond donors (Lipinski definition) is 1. The van der Waals surface area contributed by atoms with Crippen LogP contribution in [0.1, 0.15) is 40.0 Å². The van der Waals surface area contributed by atoms with Gasteiger partial charge in [-0.15, -0.1) is 0 Å². The number of esters is 1. The number of nitrogens with zero attached hydrogens (tertiary/aromatic N) is 3. The van der Waals surface area contributed by atoms with Gasteiger partial charge in [0.15, 0.2) is 6.04 Å². The number of carbonyl (C=O) groups is 4. The van der Waals surface area contributed by atoms with Crippen molar-refractivity contribution in [3.8, 4) is 0 Å². The van der Waals surface area contributed by atoms with Gasteiger partial charge in [0.2, 0.25) is 5.91 Å². The SMILES string of the molecule is COC(=O)[C@@H]1CCCN2C(=O)CCN(NC(=O)OC(C)(C)C)C(=O)N12. The molecule has 0 aromatic rings. The lowest BCUT2D eigenvalue weighted by atomic mass is 10.1. The molecule has 2 aliphatic heterocycles. The zero-order valence-corrected chi connectivity index (χ0v) is 14.9. The lowest BCUT2D eigenvalue weighted by Gasteiger charge is -2.42. The molecule has 0 bridgehead atoms. The van der Waals surface area contributed by atoms with Crippen molar-refractivity contribution in [3.63, 3.8) is 0 Å². The van der Waals surface area contributed by atoms with Crippen LogP contribution in [-0.4, -0.2) is 70.9 Å². The van der Waals surface area contributed by atoms with Gasteiger partial charge in [0.05, 0.1) is 13.7 Å². The van der Waals surface area contributed by atoms with E-state index in [9.17, 15) is 19.2 Å². The summed E-state index contributed by atoms with van der Waals surface area (Å²) in [5.74, 6) is -0.902. The van der Waals surface area contributed by atoms with E-state index in [1.54, 1.807) is 20.8 Å². The Kier molecular flexibility index (Phi) is 5.39. The molecular weight excluding hydrogens is 332 g/mol. The van der Waals surface area contributed by atoms with Gasteiger partial charge in [-0.2, -0.15) is 0 Å². The van der Waals surface area contributed by atoms with Crippen molar-refractivity contribution in [1.82, 2.24) is 20.5 Å². The molecule has 25 heavy (non-hydrogen) atoms. The summed E-state index contributed by atoms with van der Waals surface area (Å²) in [5.41, 5.74) is 1.61. The van der Waals surface area contributed by atoms with Gasteiger partial charge in [0.1, 0.15) is 5.60 Å². The van der Waals surface area contributed by atoms with Crippen molar-refractivity contribution in [1.29, 1.82) is 0 Å². The Morgan fingerprint density at radius 2 is 1.88 bits per heavy atom. The standard InChI is InChI=1S/C15H24N4O6/c1-15(2,3)25-13(22)16-17-9-7-11(20)18-8-5-6-10(12(21)24-4)19(18)14(17)23/h10H,5-9H2,1-4H3,(H,16,22)/t10-/m0/s1. The lowest BCUT2D eigenvalue weighted by Crippen LogP contribution is -2.63. The zero-order valence-electron chi connectivity index (χ0n) is 14.9.